The topological polar surface area (TPSA) is 29.1 Å². The van der Waals surface area contributed by atoms with Crippen molar-refractivity contribution in [1.29, 1.82) is 0 Å². The van der Waals surface area contributed by atoms with E-state index in [9.17, 15) is 4.79 Å². The second-order valence-corrected chi connectivity index (χ2v) is 5.94. The molecule has 0 spiro atoms. The molecule has 19 heavy (non-hydrogen) atoms. The first kappa shape index (κ1) is 11.0. The summed E-state index contributed by atoms with van der Waals surface area (Å²) in [6.07, 6.45) is 3.56. The summed E-state index contributed by atoms with van der Waals surface area (Å²) in [4.78, 5) is 12.3. The van der Waals surface area contributed by atoms with Gasteiger partial charge >= 0.3 is 0 Å². The zero-order chi connectivity index (χ0) is 12.8. The minimum atomic E-state index is 0.212. The highest BCUT2D eigenvalue weighted by Crippen LogP contribution is 2.54. The predicted molar refractivity (Wildman–Crippen MR) is 76.9 cm³/mol. The Hall–Kier alpha value is -1.83. The van der Waals surface area contributed by atoms with Gasteiger partial charge in [0.15, 0.2) is 0 Å². The van der Waals surface area contributed by atoms with Gasteiger partial charge in [-0.25, -0.2) is 0 Å². The second-order valence-electron chi connectivity index (χ2n) is 5.94. The smallest absolute Gasteiger partial charge is 0.227 e. The van der Waals surface area contributed by atoms with Crippen molar-refractivity contribution in [1.82, 2.24) is 0 Å². The van der Waals surface area contributed by atoms with Crippen LogP contribution in [0, 0.1) is 17.8 Å². The molecule has 2 aromatic rings. The lowest BCUT2D eigenvalue weighted by Gasteiger charge is -2.13. The van der Waals surface area contributed by atoms with Crippen LogP contribution in [0.25, 0.3) is 10.8 Å². The monoisotopic (exact) mass is 251 g/mol. The molecule has 0 radical (unpaired) electrons. The van der Waals surface area contributed by atoms with Crippen LogP contribution in [-0.2, 0) is 4.79 Å². The third-order valence-corrected chi connectivity index (χ3v) is 4.66. The Bertz CT molecular complexity index is 633. The number of amides is 1. The molecule has 2 saturated carbocycles. The van der Waals surface area contributed by atoms with Crippen molar-refractivity contribution in [2.45, 2.75) is 19.3 Å². The predicted octanol–water partition coefficient (Wildman–Crippen LogP) is 3.82. The first-order chi connectivity index (χ1) is 9.31. The van der Waals surface area contributed by atoms with Crippen molar-refractivity contribution in [2.24, 2.45) is 17.8 Å². The van der Waals surface area contributed by atoms with Crippen LogP contribution in [0.3, 0.4) is 0 Å². The molecule has 1 amide bonds. The van der Waals surface area contributed by atoms with Crippen molar-refractivity contribution < 1.29 is 4.79 Å². The first-order valence-electron chi connectivity index (χ1n) is 7.10. The second kappa shape index (κ2) is 4.09. The van der Waals surface area contributed by atoms with Crippen LogP contribution in [0.4, 0.5) is 5.69 Å². The number of nitrogens with one attached hydrogen (secondary N) is 1. The normalized spacial score (nSPS) is 28.1. The Labute approximate surface area is 112 Å². The molecule has 0 aliphatic heterocycles. The van der Waals surface area contributed by atoms with E-state index in [1.54, 1.807) is 0 Å². The third kappa shape index (κ3) is 1.92. The van der Waals surface area contributed by atoms with Crippen LogP contribution in [0.2, 0.25) is 0 Å². The molecule has 0 saturated heterocycles. The zero-order valence-corrected chi connectivity index (χ0v) is 10.8. The fraction of sp³-hybridized carbons (Fsp3) is 0.353. The van der Waals surface area contributed by atoms with Gasteiger partial charge in [-0.3, -0.25) is 4.79 Å². The van der Waals surface area contributed by atoms with E-state index in [0.717, 1.165) is 35.8 Å². The molecule has 2 aliphatic rings. The van der Waals surface area contributed by atoms with Crippen molar-refractivity contribution in [3.8, 4) is 0 Å². The van der Waals surface area contributed by atoms with Crippen LogP contribution in [0.5, 0.6) is 0 Å². The van der Waals surface area contributed by atoms with Crippen LogP contribution in [0.15, 0.2) is 42.5 Å². The van der Waals surface area contributed by atoms with Crippen LogP contribution in [0.1, 0.15) is 19.3 Å². The summed E-state index contributed by atoms with van der Waals surface area (Å²) in [5, 5.41) is 5.43. The maximum absolute atomic E-state index is 12.3. The Kier molecular flexibility index (Phi) is 2.37. The molecule has 0 bridgehead atoms. The highest BCUT2D eigenvalue weighted by atomic mass is 16.1. The molecule has 96 valence electrons. The minimum Gasteiger partial charge on any atom is -0.325 e. The average Bonchev–Trinajstić information content (AvgIpc) is 3.05. The maximum Gasteiger partial charge on any atom is 0.227 e. The van der Waals surface area contributed by atoms with E-state index in [4.69, 9.17) is 0 Å². The fourth-order valence-corrected chi connectivity index (χ4v) is 3.50. The van der Waals surface area contributed by atoms with E-state index in [2.05, 4.69) is 23.5 Å². The minimum absolute atomic E-state index is 0.212. The molecular formula is C17H17NO. The Morgan fingerprint density at radius 3 is 2.53 bits per heavy atom. The van der Waals surface area contributed by atoms with Gasteiger partial charge in [-0.15, -0.1) is 0 Å². The number of fused-ring (bicyclic) bond motifs is 2. The zero-order valence-electron chi connectivity index (χ0n) is 10.8. The highest BCUT2D eigenvalue weighted by Gasteiger charge is 2.47. The van der Waals surface area contributed by atoms with Gasteiger partial charge in [0.05, 0.1) is 0 Å². The SMILES string of the molecule is O=C(Nc1cccc2ccccc12)C1CC2CC2C1. The number of rotatable bonds is 2. The van der Waals surface area contributed by atoms with E-state index in [1.807, 2.05) is 24.3 Å². The third-order valence-electron chi connectivity index (χ3n) is 4.66. The standard InChI is InChI=1S/C17H17NO/c19-17(14-9-12-8-13(12)10-14)18-16-7-3-5-11-4-1-2-6-15(11)16/h1-7,12-14H,8-10H2,(H,18,19). The van der Waals surface area contributed by atoms with Gasteiger partial charge in [-0.05, 0) is 42.6 Å². The molecule has 0 heterocycles. The Balaban J connectivity index is 1.59. The summed E-state index contributed by atoms with van der Waals surface area (Å²) in [6.45, 7) is 0. The lowest BCUT2D eigenvalue weighted by molar-refractivity contribution is -0.119. The summed E-state index contributed by atoms with van der Waals surface area (Å²) in [7, 11) is 0. The lowest BCUT2D eigenvalue weighted by Crippen LogP contribution is -2.21. The van der Waals surface area contributed by atoms with E-state index in [0.29, 0.717) is 0 Å². The van der Waals surface area contributed by atoms with Crippen LogP contribution in [-0.4, -0.2) is 5.91 Å². The van der Waals surface area contributed by atoms with E-state index >= 15 is 0 Å². The van der Waals surface area contributed by atoms with Crippen molar-refractivity contribution >= 4 is 22.4 Å². The largest absolute Gasteiger partial charge is 0.325 e. The molecule has 2 unspecified atom stereocenters. The van der Waals surface area contributed by atoms with Crippen molar-refractivity contribution in [3.63, 3.8) is 0 Å². The fourth-order valence-electron chi connectivity index (χ4n) is 3.50. The molecule has 2 aromatic carbocycles. The van der Waals surface area contributed by atoms with Gasteiger partial charge in [0.1, 0.15) is 0 Å². The van der Waals surface area contributed by atoms with Gasteiger partial charge in [0, 0.05) is 17.0 Å². The van der Waals surface area contributed by atoms with Crippen LogP contribution < -0.4 is 5.32 Å². The van der Waals surface area contributed by atoms with Crippen molar-refractivity contribution in [2.75, 3.05) is 5.32 Å². The quantitative estimate of drug-likeness (QED) is 0.863. The molecule has 4 rings (SSSR count). The number of hydrogen-bond donors (Lipinski definition) is 1. The van der Waals surface area contributed by atoms with Gasteiger partial charge in [0.25, 0.3) is 0 Å². The number of anilines is 1. The van der Waals surface area contributed by atoms with Gasteiger partial charge in [0.2, 0.25) is 5.91 Å². The maximum atomic E-state index is 12.3. The Morgan fingerprint density at radius 2 is 1.68 bits per heavy atom. The van der Waals surface area contributed by atoms with Gasteiger partial charge in [-0.2, -0.15) is 0 Å². The molecule has 1 N–H and O–H groups in total. The van der Waals surface area contributed by atoms with Gasteiger partial charge in [-0.1, -0.05) is 36.4 Å². The first-order valence-corrected chi connectivity index (χ1v) is 7.10. The summed E-state index contributed by atoms with van der Waals surface area (Å²) in [5.41, 5.74) is 0.948. The van der Waals surface area contributed by atoms with Gasteiger partial charge < -0.3 is 5.32 Å². The number of carbonyl (C=O) groups is 1. The summed E-state index contributed by atoms with van der Waals surface area (Å²) in [6, 6.07) is 14.3. The number of hydrogen-bond acceptors (Lipinski definition) is 1. The molecule has 2 aliphatic carbocycles. The molecular weight excluding hydrogens is 234 g/mol. The van der Waals surface area contributed by atoms with E-state index < -0.39 is 0 Å². The number of benzene rings is 2. The summed E-state index contributed by atoms with van der Waals surface area (Å²) >= 11 is 0. The van der Waals surface area contributed by atoms with Crippen LogP contribution >= 0.6 is 0 Å². The summed E-state index contributed by atoms with van der Waals surface area (Å²) in [5.74, 6) is 2.15. The van der Waals surface area contributed by atoms with E-state index in [1.165, 1.54) is 11.8 Å². The molecule has 2 fully saturated rings. The Morgan fingerprint density at radius 1 is 0.947 bits per heavy atom. The highest BCUT2D eigenvalue weighted by molar-refractivity contribution is 6.02. The molecule has 2 nitrogen and oxygen atoms in total. The lowest BCUT2D eigenvalue weighted by atomic mass is 10.0. The van der Waals surface area contributed by atoms with Crippen molar-refractivity contribution in [3.05, 3.63) is 42.5 Å². The molecule has 2 heteroatoms. The molecule has 2 atom stereocenters. The van der Waals surface area contributed by atoms with E-state index in [-0.39, 0.29) is 11.8 Å². The summed E-state index contributed by atoms with van der Waals surface area (Å²) < 4.78 is 0. The molecule has 0 aromatic heterocycles. The number of carbonyl (C=O) groups excluding carboxylic acids is 1. The average molecular weight is 251 g/mol.